The van der Waals surface area contributed by atoms with Crippen LogP contribution in [-0.2, 0) is 30.6 Å². The third-order valence-corrected chi connectivity index (χ3v) is 0. The SMILES string of the molecule is CC(=O)O.[Sc]. The third-order valence-electron chi connectivity index (χ3n) is 0. The van der Waals surface area contributed by atoms with Gasteiger partial charge >= 0.3 is 0 Å². The van der Waals surface area contributed by atoms with Gasteiger partial charge in [0.05, 0.1) is 0 Å². The fourth-order valence-corrected chi connectivity index (χ4v) is 0. The van der Waals surface area contributed by atoms with Gasteiger partial charge in [-0.05, 0) is 0 Å². The minimum absolute atomic E-state index is 0. The second-order valence-corrected chi connectivity index (χ2v) is 0.519. The molecule has 2 nitrogen and oxygen atoms in total. The molecule has 0 aromatic heterocycles. The summed E-state index contributed by atoms with van der Waals surface area (Å²) >= 11 is 0. The van der Waals surface area contributed by atoms with Gasteiger partial charge in [0.1, 0.15) is 0 Å². The van der Waals surface area contributed by atoms with E-state index in [1.165, 1.54) is 0 Å². The Labute approximate surface area is 49.0 Å². The first-order chi connectivity index (χ1) is 1.73. The molecule has 0 saturated carbocycles. The Kier molecular flexibility index (Phi) is 7.83. The van der Waals surface area contributed by atoms with Crippen molar-refractivity contribution in [1.29, 1.82) is 0 Å². The predicted octanol–water partition coefficient (Wildman–Crippen LogP) is 0.0884. The Hall–Kier alpha value is 0.340. The van der Waals surface area contributed by atoms with Crippen LogP contribution in [0, 0.1) is 0 Å². The second kappa shape index (κ2) is 4.34. The van der Waals surface area contributed by atoms with E-state index in [-0.39, 0.29) is 25.8 Å². The molecule has 0 aliphatic heterocycles. The first kappa shape index (κ1) is 9.02. The molecule has 0 rings (SSSR count). The Morgan fingerprint density at radius 1 is 1.80 bits per heavy atom. The second-order valence-electron chi connectivity index (χ2n) is 0.519. The zero-order chi connectivity index (χ0) is 3.58. The Bertz CT molecular complexity index is 30.6. The number of hydrogen-bond donors (Lipinski definition) is 1. The minimum atomic E-state index is -0.833. The summed E-state index contributed by atoms with van der Waals surface area (Å²) in [6, 6.07) is 0. The minimum Gasteiger partial charge on any atom is -0.481 e. The molecule has 0 aromatic rings. The van der Waals surface area contributed by atoms with Gasteiger partial charge in [0.15, 0.2) is 0 Å². The molecule has 0 aliphatic carbocycles. The molecule has 0 atom stereocenters. The van der Waals surface area contributed by atoms with Gasteiger partial charge < -0.3 is 5.11 Å². The quantitative estimate of drug-likeness (QED) is 0.474. The van der Waals surface area contributed by atoms with Crippen LogP contribution >= 0.6 is 0 Å². The molecule has 0 amide bonds. The molecule has 0 aromatic carbocycles. The fourth-order valence-electron chi connectivity index (χ4n) is 0. The van der Waals surface area contributed by atoms with E-state index in [0.717, 1.165) is 6.92 Å². The standard InChI is InChI=1S/C2H4O2.Sc/c1-2(3)4;/h1H3,(H,3,4);. The van der Waals surface area contributed by atoms with Gasteiger partial charge in [-0.15, -0.1) is 0 Å². The largest absolute Gasteiger partial charge is 0.481 e. The Morgan fingerprint density at radius 3 is 1.80 bits per heavy atom. The van der Waals surface area contributed by atoms with Crippen LogP contribution in [0.5, 0.6) is 0 Å². The van der Waals surface area contributed by atoms with Crippen LogP contribution in [-0.4, -0.2) is 11.1 Å². The van der Waals surface area contributed by atoms with E-state index in [1.807, 2.05) is 0 Å². The van der Waals surface area contributed by atoms with Crippen LogP contribution in [0.25, 0.3) is 0 Å². The van der Waals surface area contributed by atoms with Gasteiger partial charge in [-0.2, -0.15) is 0 Å². The number of aliphatic carboxylic acids is 1. The van der Waals surface area contributed by atoms with E-state index in [4.69, 9.17) is 9.90 Å². The average Bonchev–Trinajstić information content (AvgIpc) is 0.811. The number of carboxylic acids is 1. The number of carboxylic acid groups (broad SMARTS) is 1. The van der Waals surface area contributed by atoms with Crippen molar-refractivity contribution in [3.05, 3.63) is 0 Å². The van der Waals surface area contributed by atoms with Crippen molar-refractivity contribution in [2.45, 2.75) is 6.92 Å². The van der Waals surface area contributed by atoms with Crippen molar-refractivity contribution >= 4 is 5.97 Å². The summed E-state index contributed by atoms with van der Waals surface area (Å²) in [6.07, 6.45) is 0. The van der Waals surface area contributed by atoms with Crippen molar-refractivity contribution in [2.75, 3.05) is 0 Å². The molecule has 0 spiro atoms. The zero-order valence-electron chi connectivity index (χ0n) is 2.93. The van der Waals surface area contributed by atoms with Crippen molar-refractivity contribution in [1.82, 2.24) is 0 Å². The molecular weight excluding hydrogens is 101 g/mol. The van der Waals surface area contributed by atoms with Crippen molar-refractivity contribution in [2.24, 2.45) is 0 Å². The first-order valence-electron chi connectivity index (χ1n) is 0.928. The van der Waals surface area contributed by atoms with Gasteiger partial charge in [-0.3, -0.25) is 4.79 Å². The molecule has 0 fully saturated rings. The summed E-state index contributed by atoms with van der Waals surface area (Å²) in [5.41, 5.74) is 0. The third kappa shape index (κ3) is 205. The van der Waals surface area contributed by atoms with E-state index in [2.05, 4.69) is 0 Å². The smallest absolute Gasteiger partial charge is 0.300 e. The van der Waals surface area contributed by atoms with Gasteiger partial charge in [-0.1, -0.05) is 0 Å². The van der Waals surface area contributed by atoms with E-state index in [0.29, 0.717) is 0 Å². The molecule has 1 N–H and O–H groups in total. The average molecular weight is 105 g/mol. The summed E-state index contributed by atoms with van der Waals surface area (Å²) < 4.78 is 0. The molecule has 0 saturated heterocycles. The Morgan fingerprint density at radius 2 is 1.80 bits per heavy atom. The van der Waals surface area contributed by atoms with Crippen molar-refractivity contribution in [3.8, 4) is 0 Å². The van der Waals surface area contributed by atoms with Crippen LogP contribution in [0.3, 0.4) is 0 Å². The molecule has 0 aliphatic rings. The van der Waals surface area contributed by atoms with Crippen LogP contribution in [0.4, 0.5) is 0 Å². The van der Waals surface area contributed by atoms with E-state index >= 15 is 0 Å². The predicted molar refractivity (Wildman–Crippen MR) is 13.3 cm³/mol. The van der Waals surface area contributed by atoms with E-state index < -0.39 is 5.97 Å². The van der Waals surface area contributed by atoms with Gasteiger partial charge in [0.25, 0.3) is 5.97 Å². The fraction of sp³-hybridized carbons (Fsp3) is 0.500. The molecule has 0 heterocycles. The molecule has 5 heavy (non-hydrogen) atoms. The topological polar surface area (TPSA) is 37.3 Å². The van der Waals surface area contributed by atoms with Gasteiger partial charge in [0.2, 0.25) is 0 Å². The van der Waals surface area contributed by atoms with Crippen LogP contribution < -0.4 is 0 Å². The summed E-state index contributed by atoms with van der Waals surface area (Å²) in [7, 11) is 0. The van der Waals surface area contributed by atoms with Crippen molar-refractivity contribution in [3.63, 3.8) is 0 Å². The Balaban J connectivity index is 0. The summed E-state index contributed by atoms with van der Waals surface area (Å²) in [6.45, 7) is 1.08. The van der Waals surface area contributed by atoms with Gasteiger partial charge in [0, 0.05) is 32.8 Å². The maximum atomic E-state index is 9.00. The molecule has 0 bridgehead atoms. The maximum Gasteiger partial charge on any atom is 0.300 e. The molecule has 3 heteroatoms. The monoisotopic (exact) mass is 105 g/mol. The van der Waals surface area contributed by atoms with E-state index in [1.54, 1.807) is 0 Å². The van der Waals surface area contributed by atoms with Crippen LogP contribution in [0.2, 0.25) is 0 Å². The summed E-state index contributed by atoms with van der Waals surface area (Å²) in [5.74, 6) is -0.833. The molecule has 1 radical (unpaired) electrons. The summed E-state index contributed by atoms with van der Waals surface area (Å²) in [5, 5.41) is 7.42. The number of rotatable bonds is 0. The number of carbonyl (C=O) groups is 1. The normalized spacial score (nSPS) is 5.00. The molecule has 27 valence electrons. The van der Waals surface area contributed by atoms with Gasteiger partial charge in [-0.25, -0.2) is 0 Å². The summed E-state index contributed by atoms with van der Waals surface area (Å²) in [4.78, 5) is 9.00. The van der Waals surface area contributed by atoms with E-state index in [9.17, 15) is 0 Å². The maximum absolute atomic E-state index is 9.00. The van der Waals surface area contributed by atoms with Crippen molar-refractivity contribution < 1.29 is 35.7 Å². The molecule has 0 unspecified atom stereocenters. The zero-order valence-corrected chi connectivity index (χ0v) is 4.74. The molecular formula is C2H4O2Sc. The number of hydrogen-bond acceptors (Lipinski definition) is 1. The van der Waals surface area contributed by atoms with Crippen LogP contribution in [0.1, 0.15) is 6.92 Å². The van der Waals surface area contributed by atoms with Crippen LogP contribution in [0.15, 0.2) is 0 Å². The first-order valence-corrected chi connectivity index (χ1v) is 0.928.